The molecule has 6 heteroatoms. The van der Waals surface area contributed by atoms with Gasteiger partial charge >= 0.3 is 5.97 Å². The van der Waals surface area contributed by atoms with Crippen molar-refractivity contribution in [3.05, 3.63) is 23.3 Å². The lowest BCUT2D eigenvalue weighted by Crippen LogP contribution is -1.98. The highest BCUT2D eigenvalue weighted by atomic mass is 16.4. The van der Waals surface area contributed by atoms with Crippen LogP contribution >= 0.6 is 0 Å². The Hall–Kier alpha value is -2.11. The Morgan fingerprint density at radius 3 is 2.56 bits per heavy atom. The molecule has 0 saturated carbocycles. The summed E-state index contributed by atoms with van der Waals surface area (Å²) in [6.07, 6.45) is 3.05. The van der Waals surface area contributed by atoms with Crippen LogP contribution in [0.3, 0.4) is 0 Å². The molecule has 0 aliphatic rings. The number of rotatable bonds is 4. The number of carbonyl (C=O) groups is 1. The normalized spacial score (nSPS) is 10.8. The highest BCUT2D eigenvalue weighted by Gasteiger charge is 2.21. The molecule has 2 aromatic heterocycles. The SMILES string of the molecule is CCc1nn(C)cc1-c1nc(CC)c(C(=O)O)o1. The van der Waals surface area contributed by atoms with E-state index in [1.54, 1.807) is 10.9 Å². The Morgan fingerprint density at radius 2 is 2.06 bits per heavy atom. The van der Waals surface area contributed by atoms with Crippen LogP contribution in [0, 0.1) is 0 Å². The van der Waals surface area contributed by atoms with E-state index in [1.165, 1.54) is 0 Å². The first-order valence-corrected chi connectivity index (χ1v) is 5.82. The molecule has 2 heterocycles. The van der Waals surface area contributed by atoms with E-state index in [9.17, 15) is 4.79 Å². The average molecular weight is 249 g/mol. The van der Waals surface area contributed by atoms with Crippen molar-refractivity contribution in [2.75, 3.05) is 0 Å². The second-order valence-corrected chi connectivity index (χ2v) is 3.97. The van der Waals surface area contributed by atoms with Crippen LogP contribution in [0.25, 0.3) is 11.5 Å². The maximum Gasteiger partial charge on any atom is 0.373 e. The van der Waals surface area contributed by atoms with Gasteiger partial charge in [-0.1, -0.05) is 13.8 Å². The Kier molecular flexibility index (Phi) is 3.18. The van der Waals surface area contributed by atoms with E-state index in [0.29, 0.717) is 18.0 Å². The molecule has 0 fully saturated rings. The molecule has 0 amide bonds. The van der Waals surface area contributed by atoms with Gasteiger partial charge in [-0.05, 0) is 12.8 Å². The zero-order valence-corrected chi connectivity index (χ0v) is 10.6. The highest BCUT2D eigenvalue weighted by molar-refractivity contribution is 5.86. The summed E-state index contributed by atoms with van der Waals surface area (Å²) in [5.41, 5.74) is 2.06. The highest BCUT2D eigenvalue weighted by Crippen LogP contribution is 2.25. The van der Waals surface area contributed by atoms with Crippen molar-refractivity contribution in [3.63, 3.8) is 0 Å². The molecule has 0 atom stereocenters. The van der Waals surface area contributed by atoms with E-state index in [1.807, 2.05) is 20.9 Å². The van der Waals surface area contributed by atoms with Gasteiger partial charge in [0.05, 0.1) is 17.0 Å². The first-order chi connectivity index (χ1) is 8.56. The summed E-state index contributed by atoms with van der Waals surface area (Å²) in [7, 11) is 1.81. The van der Waals surface area contributed by atoms with E-state index >= 15 is 0 Å². The van der Waals surface area contributed by atoms with Crippen molar-refractivity contribution in [2.24, 2.45) is 7.05 Å². The van der Waals surface area contributed by atoms with E-state index in [-0.39, 0.29) is 5.76 Å². The fourth-order valence-electron chi connectivity index (χ4n) is 1.85. The third-order valence-corrected chi connectivity index (χ3v) is 2.70. The minimum Gasteiger partial charge on any atom is -0.475 e. The van der Waals surface area contributed by atoms with Crippen LogP contribution in [0.15, 0.2) is 10.6 Å². The van der Waals surface area contributed by atoms with Crippen molar-refractivity contribution in [1.82, 2.24) is 14.8 Å². The van der Waals surface area contributed by atoms with Gasteiger partial charge in [-0.15, -0.1) is 0 Å². The van der Waals surface area contributed by atoms with Crippen molar-refractivity contribution >= 4 is 5.97 Å². The number of hydrogen-bond donors (Lipinski definition) is 1. The molecule has 0 bridgehead atoms. The van der Waals surface area contributed by atoms with Crippen molar-refractivity contribution in [3.8, 4) is 11.5 Å². The van der Waals surface area contributed by atoms with E-state index in [2.05, 4.69) is 10.1 Å². The molecular formula is C12H15N3O3. The minimum atomic E-state index is -1.09. The first-order valence-electron chi connectivity index (χ1n) is 5.82. The number of aromatic carboxylic acids is 1. The summed E-state index contributed by atoms with van der Waals surface area (Å²) < 4.78 is 7.02. The standard InChI is InChI=1S/C12H15N3O3/c1-4-8-7(6-15(3)14-8)11-13-9(5-2)10(18-11)12(16)17/h6H,4-5H2,1-3H3,(H,16,17). The second-order valence-electron chi connectivity index (χ2n) is 3.97. The lowest BCUT2D eigenvalue weighted by Gasteiger charge is -1.92. The number of aromatic nitrogens is 3. The fourth-order valence-corrected chi connectivity index (χ4v) is 1.85. The van der Waals surface area contributed by atoms with Crippen LogP contribution in [-0.4, -0.2) is 25.8 Å². The van der Waals surface area contributed by atoms with Crippen LogP contribution in [0.4, 0.5) is 0 Å². The number of oxazole rings is 1. The van der Waals surface area contributed by atoms with Gasteiger partial charge in [-0.2, -0.15) is 5.10 Å². The Labute approximate surface area is 104 Å². The van der Waals surface area contributed by atoms with Gasteiger partial charge in [0, 0.05) is 13.2 Å². The van der Waals surface area contributed by atoms with E-state index < -0.39 is 5.97 Å². The van der Waals surface area contributed by atoms with Gasteiger partial charge < -0.3 is 9.52 Å². The summed E-state index contributed by atoms with van der Waals surface area (Å²) in [5.74, 6) is -0.847. The lowest BCUT2D eigenvalue weighted by molar-refractivity contribution is 0.0662. The summed E-state index contributed by atoms with van der Waals surface area (Å²) in [4.78, 5) is 15.3. The maximum absolute atomic E-state index is 11.0. The molecule has 96 valence electrons. The summed E-state index contributed by atoms with van der Waals surface area (Å²) in [6.45, 7) is 3.83. The third kappa shape index (κ3) is 2.01. The molecule has 0 radical (unpaired) electrons. The molecule has 0 aromatic carbocycles. The fraction of sp³-hybridized carbons (Fsp3) is 0.417. The van der Waals surface area contributed by atoms with E-state index in [4.69, 9.17) is 9.52 Å². The molecule has 18 heavy (non-hydrogen) atoms. The summed E-state index contributed by atoms with van der Waals surface area (Å²) in [6, 6.07) is 0. The number of nitrogens with zero attached hydrogens (tertiary/aromatic N) is 3. The molecule has 1 N–H and O–H groups in total. The Balaban J connectivity index is 2.54. The second kappa shape index (κ2) is 4.64. The van der Waals surface area contributed by atoms with E-state index in [0.717, 1.165) is 17.7 Å². The smallest absolute Gasteiger partial charge is 0.373 e. The number of hydrogen-bond acceptors (Lipinski definition) is 4. The van der Waals surface area contributed by atoms with Gasteiger partial charge in [-0.25, -0.2) is 9.78 Å². The number of carboxylic acids is 1. The molecule has 2 rings (SSSR count). The zero-order valence-electron chi connectivity index (χ0n) is 10.6. The molecular weight excluding hydrogens is 234 g/mol. The van der Waals surface area contributed by atoms with Crippen LogP contribution < -0.4 is 0 Å². The van der Waals surface area contributed by atoms with Crippen LogP contribution in [0.1, 0.15) is 35.8 Å². The number of aryl methyl sites for hydroxylation is 3. The average Bonchev–Trinajstić information content (AvgIpc) is 2.91. The molecule has 0 saturated heterocycles. The predicted octanol–water partition coefficient (Wildman–Crippen LogP) is 1.90. The van der Waals surface area contributed by atoms with Crippen molar-refractivity contribution in [2.45, 2.75) is 26.7 Å². The molecule has 0 aliphatic heterocycles. The van der Waals surface area contributed by atoms with Gasteiger partial charge in [-0.3, -0.25) is 4.68 Å². The molecule has 2 aromatic rings. The van der Waals surface area contributed by atoms with Gasteiger partial charge in [0.1, 0.15) is 0 Å². The van der Waals surface area contributed by atoms with Gasteiger partial charge in [0.2, 0.25) is 11.7 Å². The monoisotopic (exact) mass is 249 g/mol. The Morgan fingerprint density at radius 1 is 1.39 bits per heavy atom. The van der Waals surface area contributed by atoms with Crippen molar-refractivity contribution in [1.29, 1.82) is 0 Å². The summed E-state index contributed by atoms with van der Waals surface area (Å²) >= 11 is 0. The molecule has 6 nitrogen and oxygen atoms in total. The molecule has 0 unspecified atom stereocenters. The third-order valence-electron chi connectivity index (χ3n) is 2.70. The quantitative estimate of drug-likeness (QED) is 0.894. The lowest BCUT2D eigenvalue weighted by atomic mass is 10.2. The van der Waals surface area contributed by atoms with Crippen LogP contribution in [0.2, 0.25) is 0 Å². The van der Waals surface area contributed by atoms with Crippen LogP contribution in [0.5, 0.6) is 0 Å². The minimum absolute atomic E-state index is 0.0848. The maximum atomic E-state index is 11.0. The molecule has 0 aliphatic carbocycles. The van der Waals surface area contributed by atoms with Gasteiger partial charge in [0.25, 0.3) is 0 Å². The number of carboxylic acid groups (broad SMARTS) is 1. The topological polar surface area (TPSA) is 81.2 Å². The molecule has 0 spiro atoms. The van der Waals surface area contributed by atoms with Crippen LogP contribution in [-0.2, 0) is 19.9 Å². The Bertz CT molecular complexity index is 583. The van der Waals surface area contributed by atoms with Crippen molar-refractivity contribution < 1.29 is 14.3 Å². The predicted molar refractivity (Wildman–Crippen MR) is 64.4 cm³/mol. The zero-order chi connectivity index (χ0) is 13.3. The van der Waals surface area contributed by atoms with Gasteiger partial charge in [0.15, 0.2) is 0 Å². The summed E-state index contributed by atoms with van der Waals surface area (Å²) in [5, 5.41) is 13.3. The largest absolute Gasteiger partial charge is 0.475 e. The first kappa shape index (κ1) is 12.3.